The lowest BCUT2D eigenvalue weighted by Gasteiger charge is -2.14. The minimum atomic E-state index is -3.24. The van der Waals surface area contributed by atoms with Crippen molar-refractivity contribution in [3.8, 4) is 11.5 Å². The molecule has 1 aromatic rings. The molecule has 0 saturated heterocycles. The summed E-state index contributed by atoms with van der Waals surface area (Å²) in [6.45, 7) is 5.17. The Labute approximate surface area is 124 Å². The molecule has 0 unspecified atom stereocenters. The van der Waals surface area contributed by atoms with Crippen LogP contribution in [0.25, 0.3) is 0 Å². The number of hydrogen-bond acceptors (Lipinski definition) is 5. The molecule has 21 heavy (non-hydrogen) atoms. The summed E-state index contributed by atoms with van der Waals surface area (Å²) in [5.74, 6) is -0.979. The van der Waals surface area contributed by atoms with E-state index in [-0.39, 0.29) is 23.7 Å². The van der Waals surface area contributed by atoms with E-state index in [0.29, 0.717) is 12.4 Å². The van der Waals surface area contributed by atoms with Crippen molar-refractivity contribution in [2.24, 2.45) is 0 Å². The molecular formula is C14H20O6S. The molecular weight excluding hydrogens is 296 g/mol. The van der Waals surface area contributed by atoms with Gasteiger partial charge in [0.1, 0.15) is 12.2 Å². The van der Waals surface area contributed by atoms with Crippen molar-refractivity contribution in [2.45, 2.75) is 26.0 Å². The van der Waals surface area contributed by atoms with Gasteiger partial charge in [0.05, 0.1) is 17.6 Å². The smallest absolute Gasteiger partial charge is 0.339 e. The van der Waals surface area contributed by atoms with Crippen molar-refractivity contribution in [3.63, 3.8) is 0 Å². The maximum Gasteiger partial charge on any atom is 0.339 e. The zero-order chi connectivity index (χ0) is 16.0. The molecule has 0 spiro atoms. The highest BCUT2D eigenvalue weighted by Crippen LogP contribution is 2.31. The van der Waals surface area contributed by atoms with E-state index in [4.69, 9.17) is 14.6 Å². The highest BCUT2D eigenvalue weighted by atomic mass is 32.2. The number of carboxylic acids is 1. The van der Waals surface area contributed by atoms with Crippen LogP contribution in [-0.2, 0) is 9.84 Å². The quantitative estimate of drug-likeness (QED) is 0.789. The average molecular weight is 316 g/mol. The molecule has 1 aromatic carbocycles. The molecule has 0 saturated carbocycles. The molecule has 118 valence electrons. The maximum atomic E-state index is 11.7. The Kier molecular flexibility index (Phi) is 6.02. The second kappa shape index (κ2) is 7.31. The van der Waals surface area contributed by atoms with E-state index in [1.807, 2.05) is 0 Å². The molecule has 0 aliphatic heterocycles. The molecule has 0 aliphatic rings. The molecule has 0 heterocycles. The predicted octanol–water partition coefficient (Wildman–Crippen LogP) is 1.99. The summed E-state index contributed by atoms with van der Waals surface area (Å²) in [6, 6.07) is 4.52. The largest absolute Gasteiger partial charge is 0.490 e. The lowest BCUT2D eigenvalue weighted by atomic mass is 10.2. The number of rotatable bonds is 8. The van der Waals surface area contributed by atoms with Crippen LogP contribution in [0.2, 0.25) is 0 Å². The van der Waals surface area contributed by atoms with E-state index in [1.54, 1.807) is 32.9 Å². The van der Waals surface area contributed by atoms with Crippen LogP contribution in [0.4, 0.5) is 0 Å². The third-order valence-electron chi connectivity index (χ3n) is 2.84. The predicted molar refractivity (Wildman–Crippen MR) is 79.0 cm³/mol. The van der Waals surface area contributed by atoms with E-state index < -0.39 is 21.1 Å². The molecule has 1 N–H and O–H groups in total. The molecule has 0 fully saturated rings. The van der Waals surface area contributed by atoms with Crippen LogP contribution in [0.1, 0.15) is 31.1 Å². The van der Waals surface area contributed by atoms with Gasteiger partial charge in [-0.3, -0.25) is 0 Å². The second-order valence-electron chi connectivity index (χ2n) is 4.64. The van der Waals surface area contributed by atoms with Gasteiger partial charge in [0, 0.05) is 0 Å². The number of aromatic carboxylic acids is 1. The molecule has 0 aromatic heterocycles. The lowest BCUT2D eigenvalue weighted by Crippen LogP contribution is -2.22. The van der Waals surface area contributed by atoms with Gasteiger partial charge in [-0.15, -0.1) is 0 Å². The molecule has 0 amide bonds. The van der Waals surface area contributed by atoms with E-state index in [2.05, 4.69) is 0 Å². The lowest BCUT2D eigenvalue weighted by molar-refractivity contribution is 0.0691. The number of ether oxygens (including phenoxy) is 2. The summed E-state index contributed by atoms with van der Waals surface area (Å²) in [5, 5.41) is 8.65. The van der Waals surface area contributed by atoms with Gasteiger partial charge < -0.3 is 14.6 Å². The third kappa shape index (κ3) is 4.63. The van der Waals surface area contributed by atoms with Gasteiger partial charge in [-0.1, -0.05) is 6.07 Å². The summed E-state index contributed by atoms with van der Waals surface area (Å²) in [6.07, 6.45) is 0. The first-order valence-corrected chi connectivity index (χ1v) is 8.34. The maximum absolute atomic E-state index is 11.7. The Morgan fingerprint density at radius 3 is 2.48 bits per heavy atom. The van der Waals surface area contributed by atoms with Gasteiger partial charge in [-0.2, -0.15) is 0 Å². The van der Waals surface area contributed by atoms with Gasteiger partial charge in [0.15, 0.2) is 21.3 Å². The Morgan fingerprint density at radius 1 is 1.29 bits per heavy atom. The minimum Gasteiger partial charge on any atom is -0.490 e. The standard InChI is InChI=1S/C14H20O6S/c1-4-19-12-7-5-6-11(14(15)16)13(12)20-8-9-21(17,18)10(2)3/h5-7,10H,4,8-9H2,1-3H3,(H,15,16). The van der Waals surface area contributed by atoms with Crippen LogP contribution in [0.15, 0.2) is 18.2 Å². The Hall–Kier alpha value is -1.76. The van der Waals surface area contributed by atoms with Crippen molar-refractivity contribution < 1.29 is 27.8 Å². The number of sulfone groups is 1. The molecule has 0 aliphatic carbocycles. The van der Waals surface area contributed by atoms with Crippen LogP contribution in [0.3, 0.4) is 0 Å². The monoisotopic (exact) mass is 316 g/mol. The van der Waals surface area contributed by atoms with Crippen LogP contribution < -0.4 is 9.47 Å². The first-order valence-electron chi connectivity index (χ1n) is 6.63. The van der Waals surface area contributed by atoms with E-state index in [0.717, 1.165) is 0 Å². The van der Waals surface area contributed by atoms with Gasteiger partial charge in [0.2, 0.25) is 0 Å². The number of carboxylic acid groups (broad SMARTS) is 1. The van der Waals surface area contributed by atoms with Gasteiger partial charge >= 0.3 is 5.97 Å². The summed E-state index contributed by atoms with van der Waals surface area (Å²) >= 11 is 0. The van der Waals surface area contributed by atoms with E-state index in [1.165, 1.54) is 6.07 Å². The minimum absolute atomic E-state index is 0.0529. The molecule has 0 radical (unpaired) electrons. The van der Waals surface area contributed by atoms with Crippen LogP contribution in [0, 0.1) is 0 Å². The van der Waals surface area contributed by atoms with E-state index >= 15 is 0 Å². The van der Waals surface area contributed by atoms with Crippen LogP contribution in [-0.4, -0.2) is 43.7 Å². The zero-order valence-electron chi connectivity index (χ0n) is 12.3. The van der Waals surface area contributed by atoms with Gasteiger partial charge in [0.25, 0.3) is 0 Å². The molecule has 0 bridgehead atoms. The summed E-state index contributed by atoms with van der Waals surface area (Å²) in [5.41, 5.74) is -0.0529. The van der Waals surface area contributed by atoms with Crippen LogP contribution >= 0.6 is 0 Å². The summed E-state index contributed by atoms with van der Waals surface area (Å²) in [7, 11) is -3.24. The highest BCUT2D eigenvalue weighted by Gasteiger charge is 2.19. The van der Waals surface area contributed by atoms with Crippen molar-refractivity contribution >= 4 is 15.8 Å². The normalized spacial score (nSPS) is 11.4. The SMILES string of the molecule is CCOc1cccc(C(=O)O)c1OCCS(=O)(=O)C(C)C. The number of carbonyl (C=O) groups is 1. The van der Waals surface area contributed by atoms with Crippen molar-refractivity contribution in [1.82, 2.24) is 0 Å². The Bertz CT molecular complexity index is 591. The Balaban J connectivity index is 2.93. The summed E-state index contributed by atoms with van der Waals surface area (Å²) in [4.78, 5) is 11.2. The number of para-hydroxylation sites is 1. The molecule has 0 atom stereocenters. The zero-order valence-corrected chi connectivity index (χ0v) is 13.1. The van der Waals surface area contributed by atoms with Crippen LogP contribution in [0.5, 0.6) is 11.5 Å². The first kappa shape index (κ1) is 17.3. The number of benzene rings is 1. The van der Waals surface area contributed by atoms with Crippen molar-refractivity contribution in [3.05, 3.63) is 23.8 Å². The third-order valence-corrected chi connectivity index (χ3v) is 5.01. The topological polar surface area (TPSA) is 89.9 Å². The van der Waals surface area contributed by atoms with Crippen molar-refractivity contribution in [1.29, 1.82) is 0 Å². The summed E-state index contributed by atoms with van der Waals surface area (Å²) < 4.78 is 34.1. The highest BCUT2D eigenvalue weighted by molar-refractivity contribution is 7.91. The fourth-order valence-corrected chi connectivity index (χ4v) is 2.38. The fourth-order valence-electron chi connectivity index (χ4n) is 1.60. The molecule has 7 heteroatoms. The second-order valence-corrected chi connectivity index (χ2v) is 7.31. The molecule has 1 rings (SSSR count). The van der Waals surface area contributed by atoms with Gasteiger partial charge in [-0.25, -0.2) is 13.2 Å². The average Bonchev–Trinajstić information content (AvgIpc) is 2.40. The molecule has 6 nitrogen and oxygen atoms in total. The van der Waals surface area contributed by atoms with Crippen molar-refractivity contribution in [2.75, 3.05) is 19.0 Å². The van der Waals surface area contributed by atoms with Gasteiger partial charge in [-0.05, 0) is 32.9 Å². The fraction of sp³-hybridized carbons (Fsp3) is 0.500. The Morgan fingerprint density at radius 2 is 1.95 bits per heavy atom. The van der Waals surface area contributed by atoms with E-state index in [9.17, 15) is 13.2 Å². The first-order chi connectivity index (χ1) is 9.79. The number of hydrogen-bond donors (Lipinski definition) is 1.